The number of carbonyl (C=O) groups excluding carboxylic acids is 4. The van der Waals surface area contributed by atoms with E-state index in [2.05, 4.69) is 0 Å². The van der Waals surface area contributed by atoms with Crippen LogP contribution in [0.1, 0.15) is 34.1 Å². The topological polar surface area (TPSA) is 86.7 Å². The predicted octanol–water partition coefficient (Wildman–Crippen LogP) is 4.61. The van der Waals surface area contributed by atoms with Crippen molar-refractivity contribution in [2.75, 3.05) is 0 Å². The Balaban J connectivity index is 1.85. The Bertz CT molecular complexity index is 1130. The van der Waals surface area contributed by atoms with Gasteiger partial charge in [0, 0.05) is 13.2 Å². The van der Waals surface area contributed by atoms with Crippen LogP contribution in [-0.2, 0) is 19.1 Å². The van der Waals surface area contributed by atoms with Crippen molar-refractivity contribution in [3.63, 3.8) is 0 Å². The predicted molar refractivity (Wildman–Crippen MR) is 125 cm³/mol. The minimum absolute atomic E-state index is 0.0210. The molecule has 0 heterocycles. The number of ether oxygens (including phenoxy) is 2. The molecule has 0 amide bonds. The zero-order chi connectivity index (χ0) is 21.8. The van der Waals surface area contributed by atoms with Crippen LogP contribution in [0.3, 0.4) is 0 Å². The summed E-state index contributed by atoms with van der Waals surface area (Å²) in [6.07, 6.45) is 1.00. The fraction of sp³-hybridized carbons (Fsp3) is 0.0909. The summed E-state index contributed by atoms with van der Waals surface area (Å²) in [6.45, 7) is 1.64. The molecular weight excluding hydrogens is 614 g/mol. The number of benzene rings is 2. The smallest absolute Gasteiger partial charge is 0.344 e. The van der Waals surface area contributed by atoms with Gasteiger partial charge in [-0.1, -0.05) is 31.2 Å². The van der Waals surface area contributed by atoms with Crippen molar-refractivity contribution >= 4 is 68.7 Å². The third-order valence-corrected chi connectivity index (χ3v) is 6.08. The molecule has 0 fully saturated rings. The molecule has 8 heteroatoms. The van der Waals surface area contributed by atoms with Crippen LogP contribution in [0.5, 0.6) is 0 Å². The molecule has 0 aromatic heterocycles. The second-order valence-electron chi connectivity index (χ2n) is 6.10. The number of hydrogen-bond acceptors (Lipinski definition) is 6. The summed E-state index contributed by atoms with van der Waals surface area (Å²) in [7, 11) is 0. The molecule has 152 valence electrons. The highest BCUT2D eigenvalue weighted by Crippen LogP contribution is 2.26. The first-order valence-electron chi connectivity index (χ1n) is 8.80. The molecular formula is C22H14I2O6. The fourth-order valence-electron chi connectivity index (χ4n) is 2.72. The monoisotopic (exact) mass is 628 g/mol. The summed E-state index contributed by atoms with van der Waals surface area (Å²) in [4.78, 5) is 50.3. The summed E-state index contributed by atoms with van der Waals surface area (Å²) in [5, 5.41) is 0. The average molecular weight is 628 g/mol. The van der Waals surface area contributed by atoms with Crippen molar-refractivity contribution in [2.45, 2.75) is 13.3 Å². The van der Waals surface area contributed by atoms with E-state index in [-0.39, 0.29) is 28.9 Å². The first-order chi connectivity index (χ1) is 14.3. The van der Waals surface area contributed by atoms with Gasteiger partial charge in [0.25, 0.3) is 0 Å². The molecule has 0 aliphatic heterocycles. The lowest BCUT2D eigenvalue weighted by molar-refractivity contribution is -0.119. The van der Waals surface area contributed by atoms with Crippen LogP contribution in [0.4, 0.5) is 0 Å². The molecule has 0 saturated carbocycles. The Labute approximate surface area is 199 Å². The molecule has 0 radical (unpaired) electrons. The van der Waals surface area contributed by atoms with Crippen LogP contribution in [-0.4, -0.2) is 23.5 Å². The molecule has 1 aliphatic carbocycles. The highest BCUT2D eigenvalue weighted by atomic mass is 127. The fourth-order valence-corrected chi connectivity index (χ4v) is 3.93. The van der Waals surface area contributed by atoms with E-state index in [4.69, 9.17) is 9.47 Å². The van der Waals surface area contributed by atoms with Gasteiger partial charge in [-0.25, -0.2) is 9.59 Å². The number of hydrogen-bond donors (Lipinski definition) is 0. The summed E-state index contributed by atoms with van der Waals surface area (Å²) in [5.74, 6) is -3.60. The van der Waals surface area contributed by atoms with Crippen LogP contribution in [0, 0.1) is 7.14 Å². The van der Waals surface area contributed by atoms with E-state index < -0.39 is 29.3 Å². The lowest BCUT2D eigenvalue weighted by Crippen LogP contribution is -2.25. The van der Waals surface area contributed by atoms with Gasteiger partial charge in [0.05, 0.1) is 16.7 Å². The molecule has 2 aromatic rings. The minimum atomic E-state index is -0.748. The largest absolute Gasteiger partial charge is 0.419 e. The third-order valence-electron chi connectivity index (χ3n) is 4.20. The molecule has 6 nitrogen and oxygen atoms in total. The van der Waals surface area contributed by atoms with Crippen LogP contribution >= 0.6 is 45.2 Å². The molecule has 3 rings (SSSR count). The van der Waals surface area contributed by atoms with E-state index in [1.54, 1.807) is 55.5 Å². The molecule has 0 unspecified atom stereocenters. The minimum Gasteiger partial charge on any atom is -0.419 e. The Hall–Kier alpha value is -2.34. The molecule has 0 N–H and O–H groups in total. The van der Waals surface area contributed by atoms with Gasteiger partial charge in [0.2, 0.25) is 11.6 Å². The van der Waals surface area contributed by atoms with E-state index in [9.17, 15) is 19.2 Å². The number of esters is 2. The van der Waals surface area contributed by atoms with Gasteiger partial charge < -0.3 is 9.47 Å². The van der Waals surface area contributed by atoms with Gasteiger partial charge in [-0.15, -0.1) is 0 Å². The second-order valence-corrected chi connectivity index (χ2v) is 8.43. The van der Waals surface area contributed by atoms with Crippen LogP contribution in [0.2, 0.25) is 0 Å². The second kappa shape index (κ2) is 9.65. The van der Waals surface area contributed by atoms with Gasteiger partial charge in [0.15, 0.2) is 11.5 Å². The van der Waals surface area contributed by atoms with Crippen molar-refractivity contribution in [3.8, 4) is 0 Å². The van der Waals surface area contributed by atoms with Crippen LogP contribution in [0.15, 0.2) is 71.7 Å². The summed E-state index contributed by atoms with van der Waals surface area (Å²) < 4.78 is 11.8. The molecule has 2 aromatic carbocycles. The molecule has 0 spiro atoms. The number of Topliss-reactive ketones (excluding diaryl/α,β-unsaturated/α-hetero) is 1. The lowest BCUT2D eigenvalue weighted by Gasteiger charge is -2.18. The summed E-state index contributed by atoms with van der Waals surface area (Å²) in [5.41, 5.74) is 0.533. The quantitative estimate of drug-likeness (QED) is 0.273. The highest BCUT2D eigenvalue weighted by molar-refractivity contribution is 14.1. The maximum Gasteiger partial charge on any atom is 0.344 e. The summed E-state index contributed by atoms with van der Waals surface area (Å²) >= 11 is 3.95. The Morgan fingerprint density at radius 3 is 1.83 bits per heavy atom. The molecule has 0 atom stereocenters. The molecule has 1 aliphatic rings. The maximum atomic E-state index is 12.8. The van der Waals surface area contributed by atoms with Crippen molar-refractivity contribution in [3.05, 3.63) is 90.0 Å². The number of ketones is 2. The van der Waals surface area contributed by atoms with Gasteiger partial charge in [-0.2, -0.15) is 0 Å². The Morgan fingerprint density at radius 2 is 1.33 bits per heavy atom. The lowest BCUT2D eigenvalue weighted by atomic mass is 9.97. The van der Waals surface area contributed by atoms with E-state index in [1.165, 1.54) is 0 Å². The zero-order valence-electron chi connectivity index (χ0n) is 15.6. The number of rotatable bonds is 5. The Morgan fingerprint density at radius 1 is 0.833 bits per heavy atom. The van der Waals surface area contributed by atoms with E-state index >= 15 is 0 Å². The van der Waals surface area contributed by atoms with Gasteiger partial charge in [0.1, 0.15) is 0 Å². The first-order valence-corrected chi connectivity index (χ1v) is 11.0. The average Bonchev–Trinajstić information content (AvgIpc) is 2.72. The molecule has 30 heavy (non-hydrogen) atoms. The zero-order valence-corrected chi connectivity index (χ0v) is 19.9. The normalized spacial score (nSPS) is 13.8. The SMILES string of the molecule is CCC1=C(OC(=O)c2ccccc2I)C(=O)C=C(OC(=O)c2ccccc2I)C1=O. The maximum absolute atomic E-state index is 12.8. The number of carbonyl (C=O) groups is 4. The number of allylic oxidation sites excluding steroid dienone is 2. The van der Waals surface area contributed by atoms with Gasteiger partial charge >= 0.3 is 11.9 Å². The number of halogens is 2. The van der Waals surface area contributed by atoms with Crippen molar-refractivity contribution < 1.29 is 28.7 Å². The summed E-state index contributed by atoms with van der Waals surface area (Å²) in [6, 6.07) is 13.4. The van der Waals surface area contributed by atoms with Crippen LogP contribution < -0.4 is 0 Å². The van der Waals surface area contributed by atoms with Crippen molar-refractivity contribution in [2.24, 2.45) is 0 Å². The van der Waals surface area contributed by atoms with Crippen molar-refractivity contribution in [1.82, 2.24) is 0 Å². The Kier molecular flexibility index (Phi) is 7.19. The first kappa shape index (κ1) is 22.3. The third kappa shape index (κ3) is 4.69. The van der Waals surface area contributed by atoms with E-state index in [0.717, 1.165) is 6.08 Å². The van der Waals surface area contributed by atoms with E-state index in [1.807, 2.05) is 45.2 Å². The van der Waals surface area contributed by atoms with E-state index in [0.29, 0.717) is 7.14 Å². The van der Waals surface area contributed by atoms with Crippen LogP contribution in [0.25, 0.3) is 0 Å². The molecule has 0 bridgehead atoms. The molecule has 0 saturated heterocycles. The van der Waals surface area contributed by atoms with Crippen molar-refractivity contribution in [1.29, 1.82) is 0 Å². The van der Waals surface area contributed by atoms with Gasteiger partial charge in [-0.05, 0) is 75.9 Å². The van der Waals surface area contributed by atoms with Gasteiger partial charge in [-0.3, -0.25) is 9.59 Å². The highest BCUT2D eigenvalue weighted by Gasteiger charge is 2.33. The standard InChI is InChI=1S/C22H14I2O6/c1-2-12-19(26)18(29-21(27)13-7-3-5-9-15(13)23)11-17(25)20(12)30-22(28)14-8-4-6-10-16(14)24/h3-11H,2H2,1H3.